The highest BCUT2D eigenvalue weighted by atomic mass is 35.5. The summed E-state index contributed by atoms with van der Waals surface area (Å²) in [6, 6.07) is 5.48. The molecule has 0 unspecified atom stereocenters. The summed E-state index contributed by atoms with van der Waals surface area (Å²) < 4.78 is 16.5. The van der Waals surface area contributed by atoms with Crippen molar-refractivity contribution in [2.45, 2.75) is 27.2 Å². The van der Waals surface area contributed by atoms with Crippen molar-refractivity contribution in [3.63, 3.8) is 0 Å². The molecule has 3 aromatic rings. The van der Waals surface area contributed by atoms with Crippen LogP contribution >= 0.6 is 12.4 Å². The van der Waals surface area contributed by atoms with Crippen molar-refractivity contribution in [1.29, 1.82) is 0 Å². The lowest BCUT2D eigenvalue weighted by Crippen LogP contribution is -2.25. The van der Waals surface area contributed by atoms with Crippen LogP contribution in [0.2, 0.25) is 0 Å². The zero-order valence-electron chi connectivity index (χ0n) is 14.8. The molecule has 0 atom stereocenters. The molecule has 3 rings (SSSR count). The first kappa shape index (κ1) is 19.3. The van der Waals surface area contributed by atoms with Gasteiger partial charge in [0.15, 0.2) is 0 Å². The van der Waals surface area contributed by atoms with Crippen LogP contribution < -0.4 is 10.4 Å². The van der Waals surface area contributed by atoms with Gasteiger partial charge in [0.2, 0.25) is 5.75 Å². The van der Waals surface area contributed by atoms with Gasteiger partial charge in [0.1, 0.15) is 11.2 Å². The summed E-state index contributed by atoms with van der Waals surface area (Å²) in [7, 11) is 0. The van der Waals surface area contributed by atoms with Crippen LogP contribution in [0.25, 0.3) is 21.9 Å². The minimum atomic E-state index is -0.451. The summed E-state index contributed by atoms with van der Waals surface area (Å²) in [4.78, 5) is 14.4. The third-order valence-corrected chi connectivity index (χ3v) is 4.36. The summed E-state index contributed by atoms with van der Waals surface area (Å²) in [6.07, 6.45) is 2.57. The van der Waals surface area contributed by atoms with E-state index in [1.165, 1.54) is 0 Å². The molecule has 0 bridgehead atoms. The van der Waals surface area contributed by atoms with E-state index in [1.807, 2.05) is 13.0 Å². The Morgan fingerprint density at radius 2 is 1.88 bits per heavy atom. The van der Waals surface area contributed by atoms with Crippen LogP contribution in [0.15, 0.2) is 38.1 Å². The van der Waals surface area contributed by atoms with E-state index in [4.69, 9.17) is 13.6 Å². The summed E-state index contributed by atoms with van der Waals surface area (Å²) in [6.45, 7) is 9.77. The minimum Gasteiger partial charge on any atom is -0.486 e. The number of ether oxygens (including phenoxy) is 1. The first-order valence-corrected chi connectivity index (χ1v) is 8.43. The molecule has 0 amide bonds. The van der Waals surface area contributed by atoms with Crippen molar-refractivity contribution in [1.82, 2.24) is 4.90 Å². The molecule has 0 aliphatic heterocycles. The fourth-order valence-corrected chi connectivity index (χ4v) is 2.86. The summed E-state index contributed by atoms with van der Waals surface area (Å²) in [5.41, 5.74) is 1.83. The van der Waals surface area contributed by atoms with Crippen LogP contribution in [-0.2, 0) is 0 Å². The van der Waals surface area contributed by atoms with Gasteiger partial charge < -0.3 is 18.5 Å². The Morgan fingerprint density at radius 1 is 1.12 bits per heavy atom. The van der Waals surface area contributed by atoms with Crippen molar-refractivity contribution in [2.75, 3.05) is 26.2 Å². The topological polar surface area (TPSA) is 55.8 Å². The second kappa shape index (κ2) is 8.41. The van der Waals surface area contributed by atoms with E-state index in [0.717, 1.165) is 48.0 Å². The molecule has 0 saturated carbocycles. The zero-order chi connectivity index (χ0) is 17.1. The van der Waals surface area contributed by atoms with Crippen molar-refractivity contribution in [3.05, 3.63) is 40.4 Å². The standard InChI is InChI=1S/C19H23NO4.ClH/c1-4-20(5-2)7-6-8-22-18-10-14-9-15-13(3)12-23-17(15)11-16(14)24-19(18)21;/h9-12H,4-8H2,1-3H3;1H. The lowest BCUT2D eigenvalue weighted by atomic mass is 10.1. The molecule has 1 aromatic carbocycles. The molecule has 0 radical (unpaired) electrons. The number of halogens is 1. The number of fused-ring (bicyclic) bond motifs is 2. The van der Waals surface area contributed by atoms with Crippen LogP contribution in [0.3, 0.4) is 0 Å². The molecule has 0 aliphatic rings. The van der Waals surface area contributed by atoms with E-state index < -0.39 is 5.63 Å². The third-order valence-electron chi connectivity index (χ3n) is 4.36. The van der Waals surface area contributed by atoms with Gasteiger partial charge in [0, 0.05) is 23.4 Å². The van der Waals surface area contributed by atoms with E-state index in [0.29, 0.717) is 12.2 Å². The first-order valence-electron chi connectivity index (χ1n) is 8.43. The highest BCUT2D eigenvalue weighted by Crippen LogP contribution is 2.27. The molecular weight excluding hydrogens is 342 g/mol. The molecule has 0 spiro atoms. The molecule has 2 aromatic heterocycles. The SMILES string of the molecule is CCN(CC)CCCOc1cc2cc3c(C)coc3cc2oc1=O.Cl. The Hall–Kier alpha value is -1.98. The maximum absolute atomic E-state index is 12.1. The zero-order valence-corrected chi connectivity index (χ0v) is 15.6. The van der Waals surface area contributed by atoms with Gasteiger partial charge in [-0.2, -0.15) is 0 Å². The molecular formula is C19H24ClNO4. The normalized spacial score (nSPS) is 11.2. The number of rotatable bonds is 7. The third kappa shape index (κ3) is 4.17. The van der Waals surface area contributed by atoms with Crippen LogP contribution in [0.1, 0.15) is 25.8 Å². The van der Waals surface area contributed by atoms with Gasteiger partial charge in [-0.05, 0) is 44.1 Å². The van der Waals surface area contributed by atoms with Gasteiger partial charge in [0.25, 0.3) is 0 Å². The molecule has 136 valence electrons. The van der Waals surface area contributed by atoms with Gasteiger partial charge in [-0.15, -0.1) is 12.4 Å². The fourth-order valence-electron chi connectivity index (χ4n) is 2.86. The Kier molecular flexibility index (Phi) is 6.51. The Balaban J connectivity index is 0.00000225. The quantitative estimate of drug-likeness (QED) is 0.459. The maximum atomic E-state index is 12.1. The summed E-state index contributed by atoms with van der Waals surface area (Å²) >= 11 is 0. The Bertz CT molecular complexity index is 895. The number of nitrogens with zero attached hydrogens (tertiary/aromatic N) is 1. The first-order chi connectivity index (χ1) is 11.6. The van der Waals surface area contributed by atoms with Crippen molar-refractivity contribution in [2.24, 2.45) is 0 Å². The van der Waals surface area contributed by atoms with Crippen molar-refractivity contribution >= 4 is 34.3 Å². The van der Waals surface area contributed by atoms with E-state index in [2.05, 4.69) is 18.7 Å². The van der Waals surface area contributed by atoms with Crippen LogP contribution in [0, 0.1) is 6.92 Å². The van der Waals surface area contributed by atoms with Gasteiger partial charge in [0.05, 0.1) is 12.9 Å². The Labute approximate surface area is 153 Å². The van der Waals surface area contributed by atoms with Crippen molar-refractivity contribution < 1.29 is 13.6 Å². The molecule has 5 nitrogen and oxygen atoms in total. The average molecular weight is 366 g/mol. The summed E-state index contributed by atoms with van der Waals surface area (Å²) in [5, 5.41) is 1.86. The van der Waals surface area contributed by atoms with E-state index in [9.17, 15) is 4.79 Å². The summed E-state index contributed by atoms with van der Waals surface area (Å²) in [5.74, 6) is 0.266. The van der Waals surface area contributed by atoms with Crippen LogP contribution in [0.4, 0.5) is 0 Å². The largest absolute Gasteiger partial charge is 0.486 e. The number of aryl methyl sites for hydroxylation is 1. The fraction of sp³-hybridized carbons (Fsp3) is 0.421. The van der Waals surface area contributed by atoms with E-state index >= 15 is 0 Å². The average Bonchev–Trinajstić information content (AvgIpc) is 2.94. The molecule has 0 aliphatic carbocycles. The molecule has 2 heterocycles. The van der Waals surface area contributed by atoms with Crippen molar-refractivity contribution in [3.8, 4) is 5.75 Å². The predicted molar refractivity (Wildman–Crippen MR) is 102 cm³/mol. The number of hydrogen-bond donors (Lipinski definition) is 0. The molecule has 25 heavy (non-hydrogen) atoms. The molecule has 6 heteroatoms. The minimum absolute atomic E-state index is 0. The van der Waals surface area contributed by atoms with Gasteiger partial charge in [-0.1, -0.05) is 13.8 Å². The van der Waals surface area contributed by atoms with Crippen LogP contribution in [-0.4, -0.2) is 31.1 Å². The molecule has 0 fully saturated rings. The molecule has 0 N–H and O–H groups in total. The van der Waals surface area contributed by atoms with Crippen LogP contribution in [0.5, 0.6) is 5.75 Å². The lowest BCUT2D eigenvalue weighted by molar-refractivity contribution is 0.244. The second-order valence-electron chi connectivity index (χ2n) is 5.93. The second-order valence-corrected chi connectivity index (χ2v) is 5.93. The predicted octanol–water partition coefficient (Wildman–Crippen LogP) is 4.38. The number of furan rings is 1. The monoisotopic (exact) mass is 365 g/mol. The highest BCUT2D eigenvalue weighted by Gasteiger charge is 2.10. The molecule has 0 saturated heterocycles. The number of benzene rings is 1. The number of hydrogen-bond acceptors (Lipinski definition) is 5. The van der Waals surface area contributed by atoms with E-state index in [1.54, 1.807) is 18.4 Å². The Morgan fingerprint density at radius 3 is 2.60 bits per heavy atom. The van der Waals surface area contributed by atoms with Gasteiger partial charge in [-0.25, -0.2) is 4.79 Å². The maximum Gasteiger partial charge on any atom is 0.379 e. The van der Waals surface area contributed by atoms with Gasteiger partial charge in [-0.3, -0.25) is 0 Å². The highest BCUT2D eigenvalue weighted by molar-refractivity contribution is 5.94. The van der Waals surface area contributed by atoms with Gasteiger partial charge >= 0.3 is 5.63 Å². The smallest absolute Gasteiger partial charge is 0.379 e. The lowest BCUT2D eigenvalue weighted by Gasteiger charge is -2.17. The van der Waals surface area contributed by atoms with E-state index in [-0.39, 0.29) is 18.2 Å².